The van der Waals surface area contributed by atoms with Crippen LogP contribution in [-0.4, -0.2) is 17.0 Å². The maximum atomic E-state index is 13.9. The zero-order valence-corrected chi connectivity index (χ0v) is 19.6. The molecule has 4 aliphatic rings. The zero-order chi connectivity index (χ0) is 22.4. The summed E-state index contributed by atoms with van der Waals surface area (Å²) in [7, 11) is 0. The third-order valence-electron chi connectivity index (χ3n) is 6.96. The first-order valence-corrected chi connectivity index (χ1v) is 11.7. The standard InChI is InChI=1S/C24H16Br2N2O4/c25-23-15-5-1-2-6-16(15)24(26,18-8-4-3-7-17(18)23)20-19(23)21(29)27(22(20)30)13-9-11-14(12-10-13)28(31)32/h1-12,19-20,28,31H. The second kappa shape index (κ2) is 6.59. The molecule has 160 valence electrons. The molecule has 1 aliphatic heterocycles. The van der Waals surface area contributed by atoms with Crippen molar-refractivity contribution in [3.8, 4) is 0 Å². The number of anilines is 1. The van der Waals surface area contributed by atoms with E-state index in [4.69, 9.17) is 0 Å². The molecule has 1 heterocycles. The topological polar surface area (TPSA) is 85.1 Å². The third-order valence-corrected chi connectivity index (χ3v) is 9.65. The van der Waals surface area contributed by atoms with Crippen molar-refractivity contribution < 1.29 is 20.0 Å². The number of rotatable bonds is 2. The van der Waals surface area contributed by atoms with Crippen molar-refractivity contribution in [1.29, 1.82) is 0 Å². The summed E-state index contributed by atoms with van der Waals surface area (Å²) in [6, 6.07) is 21.7. The summed E-state index contributed by atoms with van der Waals surface area (Å²) in [4.78, 5) is 28.9. The van der Waals surface area contributed by atoms with E-state index in [-0.39, 0.29) is 17.5 Å². The highest BCUT2D eigenvalue weighted by molar-refractivity contribution is 9.10. The predicted octanol–water partition coefficient (Wildman–Crippen LogP) is 3.50. The predicted molar refractivity (Wildman–Crippen MR) is 124 cm³/mol. The van der Waals surface area contributed by atoms with Gasteiger partial charge in [-0.15, -0.1) is 0 Å². The summed E-state index contributed by atoms with van der Waals surface area (Å²) in [5, 5.41) is 19.4. The minimum atomic E-state index is -1.06. The average Bonchev–Trinajstić information content (AvgIpc) is 3.08. The van der Waals surface area contributed by atoms with Crippen molar-refractivity contribution in [2.45, 2.75) is 8.65 Å². The van der Waals surface area contributed by atoms with Gasteiger partial charge in [-0.1, -0.05) is 80.4 Å². The molecule has 0 saturated carbocycles. The molecule has 3 aliphatic carbocycles. The average molecular weight is 556 g/mol. The second-order valence-corrected chi connectivity index (χ2v) is 10.8. The summed E-state index contributed by atoms with van der Waals surface area (Å²) in [6.45, 7) is 0. The number of nitrogens with zero attached hydrogens (tertiary/aromatic N) is 1. The number of amides is 2. The Morgan fingerprint density at radius 1 is 0.750 bits per heavy atom. The summed E-state index contributed by atoms with van der Waals surface area (Å²) in [6.07, 6.45) is 0. The number of carbonyl (C=O) groups excluding carboxylic acids is 2. The number of carbonyl (C=O) groups is 2. The highest BCUT2D eigenvalue weighted by Crippen LogP contribution is 2.70. The minimum Gasteiger partial charge on any atom is -0.595 e. The highest BCUT2D eigenvalue weighted by Gasteiger charge is 2.72. The molecule has 3 aromatic carbocycles. The van der Waals surface area contributed by atoms with Gasteiger partial charge in [0.05, 0.1) is 26.2 Å². The molecule has 6 nitrogen and oxygen atoms in total. The SMILES string of the molecule is O=C1C2C(C(=O)N1c1ccc([NH+]([O-])O)cc1)C1(Br)c3ccccc3C2(Br)c2ccccc21. The first-order chi connectivity index (χ1) is 15.3. The fourth-order valence-corrected chi connectivity index (χ4v) is 7.98. The molecule has 0 aromatic heterocycles. The van der Waals surface area contributed by atoms with Crippen LogP contribution in [0.15, 0.2) is 72.8 Å². The van der Waals surface area contributed by atoms with Gasteiger partial charge >= 0.3 is 0 Å². The fraction of sp³-hybridized carbons (Fsp3) is 0.167. The van der Waals surface area contributed by atoms with Crippen LogP contribution in [-0.2, 0) is 18.2 Å². The molecule has 1 saturated heterocycles. The number of hydrogen-bond acceptors (Lipinski definition) is 4. The molecule has 3 aromatic rings. The van der Waals surface area contributed by atoms with Crippen LogP contribution in [0.1, 0.15) is 22.3 Å². The van der Waals surface area contributed by atoms with Crippen LogP contribution < -0.4 is 10.1 Å². The summed E-state index contributed by atoms with van der Waals surface area (Å²) in [5.74, 6) is -1.91. The number of alkyl halides is 2. The lowest BCUT2D eigenvalue weighted by Crippen LogP contribution is -2.99. The molecule has 2 N–H and O–H groups in total. The minimum absolute atomic E-state index is 0.0964. The van der Waals surface area contributed by atoms with Crippen molar-refractivity contribution >= 4 is 55.0 Å². The Bertz CT molecular complexity index is 1190. The van der Waals surface area contributed by atoms with Gasteiger partial charge in [0.25, 0.3) is 0 Å². The molecule has 3 atom stereocenters. The molecule has 2 bridgehead atoms. The van der Waals surface area contributed by atoms with Gasteiger partial charge in [-0.3, -0.25) is 9.59 Å². The normalized spacial score (nSPS) is 30.7. The summed E-state index contributed by atoms with van der Waals surface area (Å²) >= 11 is 7.92. The number of nitrogens with one attached hydrogen (secondary N) is 1. The number of benzene rings is 3. The van der Waals surface area contributed by atoms with Crippen molar-refractivity contribution in [1.82, 2.24) is 0 Å². The van der Waals surface area contributed by atoms with E-state index in [2.05, 4.69) is 31.9 Å². The number of quaternary nitrogens is 1. The molecule has 7 rings (SSSR count). The Balaban J connectivity index is 1.59. The van der Waals surface area contributed by atoms with E-state index in [1.807, 2.05) is 48.5 Å². The molecule has 0 radical (unpaired) electrons. The molecule has 1 fully saturated rings. The lowest BCUT2D eigenvalue weighted by molar-refractivity contribution is -0.991. The van der Waals surface area contributed by atoms with Crippen LogP contribution in [0.2, 0.25) is 0 Å². The molecule has 2 amide bonds. The highest BCUT2D eigenvalue weighted by atomic mass is 79.9. The number of halogens is 2. The molecule has 0 spiro atoms. The quantitative estimate of drug-likeness (QED) is 0.288. The summed E-state index contributed by atoms with van der Waals surface area (Å²) < 4.78 is -1.69. The molecule has 8 heteroatoms. The van der Waals surface area contributed by atoms with E-state index >= 15 is 0 Å². The maximum absolute atomic E-state index is 13.9. The lowest BCUT2D eigenvalue weighted by atomic mass is 9.54. The first kappa shape index (κ1) is 20.3. The van der Waals surface area contributed by atoms with Gasteiger partial charge in [0.15, 0.2) is 5.69 Å². The Hall–Kier alpha value is -2.36. The summed E-state index contributed by atoms with van der Waals surface area (Å²) in [5.41, 5.74) is 4.36. The molecular weight excluding hydrogens is 540 g/mol. The van der Waals surface area contributed by atoms with Crippen LogP contribution in [0.25, 0.3) is 0 Å². The fourth-order valence-electron chi connectivity index (χ4n) is 5.67. The van der Waals surface area contributed by atoms with Gasteiger partial charge in [-0.2, -0.15) is 5.23 Å². The van der Waals surface area contributed by atoms with Crippen molar-refractivity contribution in [3.63, 3.8) is 0 Å². The largest absolute Gasteiger partial charge is 0.595 e. The number of hydrogen-bond donors (Lipinski definition) is 2. The number of imide groups is 1. The van der Waals surface area contributed by atoms with E-state index in [9.17, 15) is 20.0 Å². The van der Waals surface area contributed by atoms with Crippen LogP contribution in [0.5, 0.6) is 0 Å². The van der Waals surface area contributed by atoms with Crippen molar-refractivity contribution in [3.05, 3.63) is 100 Å². The smallest absolute Gasteiger partial charge is 0.239 e. The molecule has 3 unspecified atom stereocenters. The monoisotopic (exact) mass is 554 g/mol. The van der Waals surface area contributed by atoms with Crippen molar-refractivity contribution in [2.24, 2.45) is 11.8 Å². The second-order valence-electron chi connectivity index (χ2n) is 8.33. The maximum Gasteiger partial charge on any atom is 0.239 e. The van der Waals surface area contributed by atoms with Crippen molar-refractivity contribution in [2.75, 3.05) is 4.90 Å². The van der Waals surface area contributed by atoms with Crippen LogP contribution >= 0.6 is 31.9 Å². The lowest BCUT2D eigenvalue weighted by Gasteiger charge is -2.55. The van der Waals surface area contributed by atoms with E-state index < -0.39 is 25.7 Å². The third kappa shape index (κ3) is 2.24. The Labute approximate surface area is 200 Å². The van der Waals surface area contributed by atoms with Crippen LogP contribution in [0.3, 0.4) is 0 Å². The van der Waals surface area contributed by atoms with Gasteiger partial charge < -0.3 is 5.21 Å². The van der Waals surface area contributed by atoms with Gasteiger partial charge in [-0.05, 0) is 34.4 Å². The van der Waals surface area contributed by atoms with E-state index in [0.29, 0.717) is 5.69 Å². The first-order valence-electron chi connectivity index (χ1n) is 10.1. The van der Waals surface area contributed by atoms with Gasteiger partial charge in [0.2, 0.25) is 11.8 Å². The van der Waals surface area contributed by atoms with Gasteiger partial charge in [0, 0.05) is 12.1 Å². The molecular formula is C24H16Br2N2O4. The Morgan fingerprint density at radius 2 is 1.12 bits per heavy atom. The van der Waals surface area contributed by atoms with Crippen LogP contribution in [0, 0.1) is 17.0 Å². The Morgan fingerprint density at radius 3 is 1.47 bits per heavy atom. The van der Waals surface area contributed by atoms with E-state index in [1.54, 1.807) is 0 Å². The van der Waals surface area contributed by atoms with Crippen LogP contribution in [0.4, 0.5) is 11.4 Å². The molecule has 32 heavy (non-hydrogen) atoms. The van der Waals surface area contributed by atoms with E-state index in [0.717, 1.165) is 22.3 Å². The Kier molecular flexibility index (Phi) is 4.17. The van der Waals surface area contributed by atoms with E-state index in [1.165, 1.54) is 29.2 Å². The van der Waals surface area contributed by atoms with Gasteiger partial charge in [0.1, 0.15) is 0 Å². The zero-order valence-electron chi connectivity index (χ0n) is 16.5. The van der Waals surface area contributed by atoms with Gasteiger partial charge in [-0.25, -0.2) is 10.1 Å².